The van der Waals surface area contributed by atoms with Gasteiger partial charge in [0.25, 0.3) is 0 Å². The molecule has 1 heterocycles. The number of benzene rings is 1. The molecule has 1 aromatic heterocycles. The van der Waals surface area contributed by atoms with E-state index in [2.05, 4.69) is 31.1 Å². The summed E-state index contributed by atoms with van der Waals surface area (Å²) in [5, 5.41) is 4.97. The summed E-state index contributed by atoms with van der Waals surface area (Å²) in [6.45, 7) is 6.54. The number of methoxy groups -OCH3 is 1. The van der Waals surface area contributed by atoms with E-state index in [0.717, 1.165) is 29.3 Å². The zero-order valence-corrected chi connectivity index (χ0v) is 15.9. The number of nitrogens with one attached hydrogen (secondary N) is 1. The number of rotatable bonds is 4. The highest BCUT2D eigenvalue weighted by molar-refractivity contribution is 6.06. The smallest absolute Gasteiger partial charge is 0.248 e. The maximum Gasteiger partial charge on any atom is 0.248 e. The molecule has 136 valence electrons. The monoisotopic (exact) mass is 350 g/mol. The Balaban J connectivity index is 1.82. The average molecular weight is 350 g/mol. The minimum Gasteiger partial charge on any atom is -0.377 e. The molecule has 0 radical (unpaired) electrons. The molecule has 3 rings (SSSR count). The quantitative estimate of drug-likeness (QED) is 0.800. The van der Waals surface area contributed by atoms with Crippen molar-refractivity contribution in [2.45, 2.75) is 39.7 Å². The van der Waals surface area contributed by atoms with Crippen molar-refractivity contribution in [2.24, 2.45) is 5.41 Å². The second-order valence-corrected chi connectivity index (χ2v) is 7.47. The number of carbonyl (C=O) groups is 1. The molecule has 1 N–H and O–H groups in total. The van der Waals surface area contributed by atoms with E-state index in [1.807, 2.05) is 30.3 Å². The number of amides is 1. The lowest BCUT2D eigenvalue weighted by atomic mass is 9.71. The number of aromatic nitrogens is 1. The highest BCUT2D eigenvalue weighted by atomic mass is 16.5. The van der Waals surface area contributed by atoms with E-state index in [9.17, 15) is 4.79 Å². The summed E-state index contributed by atoms with van der Waals surface area (Å²) in [6, 6.07) is 7.72. The number of hydrogen-bond acceptors (Lipinski definition) is 3. The molecule has 1 unspecified atom stereocenters. The second kappa shape index (κ2) is 7.42. The van der Waals surface area contributed by atoms with E-state index in [0.29, 0.717) is 0 Å². The van der Waals surface area contributed by atoms with Crippen molar-refractivity contribution in [1.29, 1.82) is 0 Å². The molecule has 4 nitrogen and oxygen atoms in total. The Morgan fingerprint density at radius 3 is 2.92 bits per heavy atom. The lowest BCUT2D eigenvalue weighted by Gasteiger charge is -2.36. The topological polar surface area (TPSA) is 51.2 Å². The molecule has 0 fully saturated rings. The zero-order valence-electron chi connectivity index (χ0n) is 15.9. The van der Waals surface area contributed by atoms with Crippen molar-refractivity contribution in [3.05, 3.63) is 60.0 Å². The first-order valence-electron chi connectivity index (χ1n) is 8.98. The van der Waals surface area contributed by atoms with Crippen molar-refractivity contribution in [3.63, 3.8) is 0 Å². The van der Waals surface area contributed by atoms with Crippen molar-refractivity contribution in [1.82, 2.24) is 4.98 Å². The fraction of sp³-hybridized carbons (Fsp3) is 0.364. The molecular formula is C22H26N2O2. The van der Waals surface area contributed by atoms with E-state index in [4.69, 9.17) is 4.74 Å². The van der Waals surface area contributed by atoms with Crippen LogP contribution in [0.15, 0.2) is 60.0 Å². The van der Waals surface area contributed by atoms with Gasteiger partial charge in [0, 0.05) is 42.0 Å². The Kier molecular flexibility index (Phi) is 5.23. The van der Waals surface area contributed by atoms with Gasteiger partial charge < -0.3 is 10.1 Å². The molecule has 1 aliphatic carbocycles. The van der Waals surface area contributed by atoms with Crippen molar-refractivity contribution in [2.75, 3.05) is 12.4 Å². The van der Waals surface area contributed by atoms with Gasteiger partial charge in [0.2, 0.25) is 5.91 Å². The summed E-state index contributed by atoms with van der Waals surface area (Å²) in [4.78, 5) is 16.6. The van der Waals surface area contributed by atoms with Gasteiger partial charge in [0.15, 0.2) is 0 Å². The Labute approximate surface area is 155 Å². The van der Waals surface area contributed by atoms with Crippen LogP contribution >= 0.6 is 0 Å². The zero-order chi connectivity index (χ0) is 18.7. The van der Waals surface area contributed by atoms with Crippen LogP contribution in [0.4, 0.5) is 5.69 Å². The predicted octanol–water partition coefficient (Wildman–Crippen LogP) is 4.88. The molecule has 0 saturated heterocycles. The Bertz CT molecular complexity index is 875. The number of allylic oxidation sites excluding steroid dienone is 2. The number of fused-ring (bicyclic) bond motifs is 1. The fourth-order valence-electron chi connectivity index (χ4n) is 3.77. The highest BCUT2D eigenvalue weighted by Gasteiger charge is 2.31. The maximum atomic E-state index is 12.5. The third-order valence-electron chi connectivity index (χ3n) is 5.29. The minimum atomic E-state index is -0.134. The van der Waals surface area contributed by atoms with E-state index in [-0.39, 0.29) is 17.4 Å². The van der Waals surface area contributed by atoms with Gasteiger partial charge >= 0.3 is 0 Å². The van der Waals surface area contributed by atoms with Gasteiger partial charge in [-0.2, -0.15) is 0 Å². The number of anilines is 1. The molecular weight excluding hydrogens is 324 g/mol. The first kappa shape index (κ1) is 18.3. The highest BCUT2D eigenvalue weighted by Crippen LogP contribution is 2.41. The van der Waals surface area contributed by atoms with E-state index in [1.165, 1.54) is 11.1 Å². The van der Waals surface area contributed by atoms with Gasteiger partial charge in [-0.15, -0.1) is 0 Å². The van der Waals surface area contributed by atoms with Gasteiger partial charge in [0.05, 0.1) is 6.10 Å². The minimum absolute atomic E-state index is 0.0427. The Hall–Kier alpha value is -2.46. The number of ether oxygens (including phenoxy) is 1. The SMILES string of the molecule is COC1CCC(C)(C)C(/C=C/C(=O)Nc2cccc3cnccc23)=C1C. The summed E-state index contributed by atoms with van der Waals surface area (Å²) >= 11 is 0. The molecule has 1 atom stereocenters. The molecule has 1 aliphatic rings. The van der Waals surface area contributed by atoms with E-state index >= 15 is 0 Å². The van der Waals surface area contributed by atoms with Gasteiger partial charge in [-0.3, -0.25) is 9.78 Å². The summed E-state index contributed by atoms with van der Waals surface area (Å²) in [5.41, 5.74) is 3.24. The van der Waals surface area contributed by atoms with Crippen LogP contribution in [-0.2, 0) is 9.53 Å². The van der Waals surface area contributed by atoms with Gasteiger partial charge in [0.1, 0.15) is 0 Å². The van der Waals surface area contributed by atoms with Gasteiger partial charge in [-0.05, 0) is 48.5 Å². The first-order valence-corrected chi connectivity index (χ1v) is 8.98. The molecule has 2 aromatic rings. The number of nitrogens with zero attached hydrogens (tertiary/aromatic N) is 1. The maximum absolute atomic E-state index is 12.5. The number of hydrogen-bond donors (Lipinski definition) is 1. The van der Waals surface area contributed by atoms with Gasteiger partial charge in [-0.25, -0.2) is 0 Å². The molecule has 0 aliphatic heterocycles. The molecule has 4 heteroatoms. The van der Waals surface area contributed by atoms with Crippen LogP contribution in [0.2, 0.25) is 0 Å². The Morgan fingerprint density at radius 2 is 2.15 bits per heavy atom. The summed E-state index contributed by atoms with van der Waals surface area (Å²) < 4.78 is 5.58. The van der Waals surface area contributed by atoms with Crippen LogP contribution in [0.5, 0.6) is 0 Å². The predicted molar refractivity (Wildman–Crippen MR) is 106 cm³/mol. The number of pyridine rings is 1. The first-order chi connectivity index (χ1) is 12.4. The Morgan fingerprint density at radius 1 is 1.35 bits per heavy atom. The largest absolute Gasteiger partial charge is 0.377 e. The summed E-state index contributed by atoms with van der Waals surface area (Å²) in [6.07, 6.45) is 9.29. The van der Waals surface area contributed by atoms with E-state index in [1.54, 1.807) is 25.6 Å². The summed E-state index contributed by atoms with van der Waals surface area (Å²) in [5.74, 6) is -0.134. The van der Waals surface area contributed by atoms with Crippen LogP contribution < -0.4 is 5.32 Å². The lowest BCUT2D eigenvalue weighted by molar-refractivity contribution is -0.111. The van der Waals surface area contributed by atoms with Crippen LogP contribution in [0.3, 0.4) is 0 Å². The lowest BCUT2D eigenvalue weighted by Crippen LogP contribution is -2.28. The third kappa shape index (κ3) is 3.70. The van der Waals surface area contributed by atoms with Crippen molar-refractivity contribution < 1.29 is 9.53 Å². The van der Waals surface area contributed by atoms with E-state index < -0.39 is 0 Å². The number of carbonyl (C=O) groups excluding carboxylic acids is 1. The van der Waals surface area contributed by atoms with Crippen molar-refractivity contribution >= 4 is 22.4 Å². The second-order valence-electron chi connectivity index (χ2n) is 7.47. The molecule has 26 heavy (non-hydrogen) atoms. The molecule has 1 amide bonds. The molecule has 0 saturated carbocycles. The fourth-order valence-corrected chi connectivity index (χ4v) is 3.77. The van der Waals surface area contributed by atoms with Crippen LogP contribution in [0, 0.1) is 5.41 Å². The van der Waals surface area contributed by atoms with Crippen molar-refractivity contribution in [3.8, 4) is 0 Å². The normalized spacial score (nSPS) is 19.9. The van der Waals surface area contributed by atoms with Crippen LogP contribution in [-0.4, -0.2) is 24.1 Å². The average Bonchev–Trinajstić information content (AvgIpc) is 2.61. The van der Waals surface area contributed by atoms with Crippen LogP contribution in [0.1, 0.15) is 33.6 Å². The molecule has 1 aromatic carbocycles. The van der Waals surface area contributed by atoms with Gasteiger partial charge in [-0.1, -0.05) is 32.1 Å². The third-order valence-corrected chi connectivity index (χ3v) is 5.29. The summed E-state index contributed by atoms with van der Waals surface area (Å²) in [7, 11) is 1.75. The van der Waals surface area contributed by atoms with Crippen LogP contribution in [0.25, 0.3) is 10.8 Å². The molecule has 0 spiro atoms. The standard InChI is InChI=1S/C22H26N2O2/c1-15-18(22(2,3)12-10-20(15)26-4)8-9-21(25)24-19-7-5-6-16-14-23-13-11-17(16)19/h5-9,11,13-14,20H,10,12H2,1-4H3,(H,24,25)/b9-8+. The molecule has 0 bridgehead atoms.